The predicted octanol–water partition coefficient (Wildman–Crippen LogP) is 1.78. The summed E-state index contributed by atoms with van der Waals surface area (Å²) in [6, 6.07) is 6.54. The summed E-state index contributed by atoms with van der Waals surface area (Å²) in [5, 5.41) is 0. The van der Waals surface area contributed by atoms with E-state index >= 15 is 0 Å². The van der Waals surface area contributed by atoms with Crippen LogP contribution in [-0.2, 0) is 21.2 Å². The predicted molar refractivity (Wildman–Crippen MR) is 86.2 cm³/mol. The van der Waals surface area contributed by atoms with Gasteiger partial charge in [-0.2, -0.15) is 0 Å². The molecule has 7 nitrogen and oxygen atoms in total. The van der Waals surface area contributed by atoms with Crippen molar-refractivity contribution in [1.29, 1.82) is 0 Å². The van der Waals surface area contributed by atoms with Gasteiger partial charge < -0.3 is 9.47 Å². The van der Waals surface area contributed by atoms with Gasteiger partial charge in [0.15, 0.2) is 11.6 Å². The zero-order chi connectivity index (χ0) is 16.9. The van der Waals surface area contributed by atoms with Gasteiger partial charge in [0, 0.05) is 13.5 Å². The maximum atomic E-state index is 12.5. The molecule has 1 aromatic heterocycles. The number of ether oxygens (including phenoxy) is 2. The zero-order valence-corrected chi connectivity index (χ0v) is 14.1. The van der Waals surface area contributed by atoms with E-state index in [1.165, 1.54) is 25.4 Å². The second-order valence-electron chi connectivity index (χ2n) is 4.86. The third-order valence-corrected chi connectivity index (χ3v) is 4.47. The molecule has 8 heteroatoms. The quantitative estimate of drug-likeness (QED) is 0.828. The first-order valence-corrected chi connectivity index (χ1v) is 8.43. The van der Waals surface area contributed by atoms with E-state index in [9.17, 15) is 8.42 Å². The summed E-state index contributed by atoms with van der Waals surface area (Å²) in [5.74, 6) is 0.824. The average molecular weight is 337 g/mol. The summed E-state index contributed by atoms with van der Waals surface area (Å²) in [7, 11) is -0.750. The second kappa shape index (κ2) is 7.38. The van der Waals surface area contributed by atoms with Crippen LogP contribution in [0.2, 0.25) is 0 Å². The van der Waals surface area contributed by atoms with Crippen molar-refractivity contribution >= 4 is 15.8 Å². The number of rotatable bonds is 7. The summed E-state index contributed by atoms with van der Waals surface area (Å²) < 4.78 is 37.5. The van der Waals surface area contributed by atoms with Crippen LogP contribution in [0.4, 0.5) is 5.82 Å². The maximum Gasteiger partial charge on any atom is 0.263 e. The van der Waals surface area contributed by atoms with Gasteiger partial charge in [0.25, 0.3) is 10.0 Å². The van der Waals surface area contributed by atoms with Crippen molar-refractivity contribution < 1.29 is 17.9 Å². The zero-order valence-electron chi connectivity index (χ0n) is 13.2. The number of nitrogens with one attached hydrogen (secondary N) is 1. The molecule has 0 amide bonds. The Morgan fingerprint density at radius 2 is 1.87 bits per heavy atom. The number of aromatic nitrogens is 2. The third-order valence-electron chi connectivity index (χ3n) is 3.12. The second-order valence-corrected chi connectivity index (χ2v) is 6.55. The number of benzene rings is 1. The van der Waals surface area contributed by atoms with E-state index in [-0.39, 0.29) is 16.5 Å². The molecule has 0 aliphatic heterocycles. The van der Waals surface area contributed by atoms with Crippen LogP contribution in [0.1, 0.15) is 11.4 Å². The maximum absolute atomic E-state index is 12.5. The Kier molecular flexibility index (Phi) is 5.51. The topological polar surface area (TPSA) is 90.4 Å². The van der Waals surface area contributed by atoms with Crippen molar-refractivity contribution in [3.05, 3.63) is 41.9 Å². The molecule has 0 saturated heterocycles. The van der Waals surface area contributed by atoms with Crippen LogP contribution in [0.3, 0.4) is 0 Å². The highest BCUT2D eigenvalue weighted by Gasteiger charge is 2.18. The largest absolute Gasteiger partial charge is 0.491 e. The molecule has 0 atom stereocenters. The fourth-order valence-corrected chi connectivity index (χ4v) is 2.86. The Morgan fingerprint density at radius 3 is 2.48 bits per heavy atom. The monoisotopic (exact) mass is 337 g/mol. The Balaban J connectivity index is 2.31. The Hall–Kier alpha value is -2.19. The molecule has 23 heavy (non-hydrogen) atoms. The molecule has 0 bridgehead atoms. The van der Waals surface area contributed by atoms with Gasteiger partial charge in [-0.1, -0.05) is 17.7 Å². The Morgan fingerprint density at radius 1 is 1.17 bits per heavy atom. The standard InChI is InChI=1S/C15H19N3O4S/c1-11-4-6-12(7-5-11)23(19,20)18-15-13(22-3)10-16-14(17-15)8-9-21-2/h4-7,10H,8-9H2,1-3H3,(H,16,17,18). The normalized spacial score (nSPS) is 11.3. The number of hydrogen-bond donors (Lipinski definition) is 1. The first kappa shape index (κ1) is 17.2. The molecular weight excluding hydrogens is 318 g/mol. The lowest BCUT2D eigenvalue weighted by Gasteiger charge is -2.12. The van der Waals surface area contributed by atoms with Gasteiger partial charge in [-0.25, -0.2) is 18.4 Å². The number of anilines is 1. The molecule has 0 aliphatic rings. The fourth-order valence-electron chi connectivity index (χ4n) is 1.85. The van der Waals surface area contributed by atoms with Crippen molar-refractivity contribution in [3.63, 3.8) is 0 Å². The highest BCUT2D eigenvalue weighted by Crippen LogP contribution is 2.24. The SMILES string of the molecule is COCCc1ncc(OC)c(NS(=O)(=O)c2ccc(C)cc2)n1. The van der Waals surface area contributed by atoms with Crippen LogP contribution in [0.15, 0.2) is 35.4 Å². The van der Waals surface area contributed by atoms with Crippen molar-refractivity contribution in [2.24, 2.45) is 0 Å². The number of sulfonamides is 1. The van der Waals surface area contributed by atoms with Crippen molar-refractivity contribution in [3.8, 4) is 5.75 Å². The lowest BCUT2D eigenvalue weighted by molar-refractivity contribution is 0.200. The van der Waals surface area contributed by atoms with Gasteiger partial charge in [-0.15, -0.1) is 0 Å². The number of aryl methyl sites for hydroxylation is 1. The fraction of sp³-hybridized carbons (Fsp3) is 0.333. The summed E-state index contributed by atoms with van der Waals surface area (Å²) in [6.07, 6.45) is 1.91. The van der Waals surface area contributed by atoms with E-state index in [0.29, 0.717) is 18.9 Å². The van der Waals surface area contributed by atoms with E-state index in [1.807, 2.05) is 6.92 Å². The molecule has 124 valence electrons. The van der Waals surface area contributed by atoms with Crippen molar-refractivity contribution in [2.75, 3.05) is 25.5 Å². The van der Waals surface area contributed by atoms with E-state index in [2.05, 4.69) is 14.7 Å². The minimum absolute atomic E-state index is 0.106. The Bertz CT molecular complexity index is 761. The number of nitrogens with zero attached hydrogens (tertiary/aromatic N) is 2. The summed E-state index contributed by atoms with van der Waals surface area (Å²) in [4.78, 5) is 8.47. The Labute approximate surface area is 135 Å². The third kappa shape index (κ3) is 4.40. The van der Waals surface area contributed by atoms with Crippen LogP contribution < -0.4 is 9.46 Å². The average Bonchev–Trinajstić information content (AvgIpc) is 2.53. The minimum Gasteiger partial charge on any atom is -0.491 e. The summed E-state index contributed by atoms with van der Waals surface area (Å²) in [6.45, 7) is 2.33. The van der Waals surface area contributed by atoms with Gasteiger partial charge in [0.05, 0.1) is 24.8 Å². The van der Waals surface area contributed by atoms with Gasteiger partial charge in [0.1, 0.15) is 5.82 Å². The molecule has 2 aromatic rings. The van der Waals surface area contributed by atoms with Gasteiger partial charge >= 0.3 is 0 Å². The first-order chi connectivity index (χ1) is 11.0. The van der Waals surface area contributed by atoms with E-state index in [1.54, 1.807) is 19.2 Å². The molecule has 1 aromatic carbocycles. The van der Waals surface area contributed by atoms with E-state index < -0.39 is 10.0 Å². The molecule has 0 aliphatic carbocycles. The molecular formula is C15H19N3O4S. The minimum atomic E-state index is -3.75. The molecule has 1 heterocycles. The molecule has 0 radical (unpaired) electrons. The lowest BCUT2D eigenvalue weighted by Crippen LogP contribution is -2.16. The molecule has 0 unspecified atom stereocenters. The van der Waals surface area contributed by atoms with Crippen LogP contribution in [0, 0.1) is 6.92 Å². The highest BCUT2D eigenvalue weighted by molar-refractivity contribution is 7.92. The van der Waals surface area contributed by atoms with Crippen LogP contribution in [0.5, 0.6) is 5.75 Å². The molecule has 1 N–H and O–H groups in total. The van der Waals surface area contributed by atoms with E-state index in [0.717, 1.165) is 5.56 Å². The molecule has 0 fully saturated rings. The number of methoxy groups -OCH3 is 2. The van der Waals surface area contributed by atoms with Crippen LogP contribution in [0.25, 0.3) is 0 Å². The summed E-state index contributed by atoms with van der Waals surface area (Å²) >= 11 is 0. The van der Waals surface area contributed by atoms with Gasteiger partial charge in [-0.3, -0.25) is 4.72 Å². The van der Waals surface area contributed by atoms with Crippen LogP contribution >= 0.6 is 0 Å². The first-order valence-electron chi connectivity index (χ1n) is 6.94. The molecule has 2 rings (SSSR count). The lowest BCUT2D eigenvalue weighted by atomic mass is 10.2. The molecule has 0 spiro atoms. The van der Waals surface area contributed by atoms with Crippen molar-refractivity contribution in [1.82, 2.24) is 9.97 Å². The number of hydrogen-bond acceptors (Lipinski definition) is 6. The van der Waals surface area contributed by atoms with E-state index in [4.69, 9.17) is 9.47 Å². The molecule has 0 saturated carbocycles. The smallest absolute Gasteiger partial charge is 0.263 e. The summed E-state index contributed by atoms with van der Waals surface area (Å²) in [5.41, 5.74) is 0.977. The van der Waals surface area contributed by atoms with Crippen molar-refractivity contribution in [2.45, 2.75) is 18.2 Å². The van der Waals surface area contributed by atoms with Gasteiger partial charge in [0.2, 0.25) is 0 Å². The van der Waals surface area contributed by atoms with Gasteiger partial charge in [-0.05, 0) is 19.1 Å². The van der Waals surface area contributed by atoms with Crippen LogP contribution in [-0.4, -0.2) is 39.2 Å². The highest BCUT2D eigenvalue weighted by atomic mass is 32.2.